The highest BCUT2D eigenvalue weighted by molar-refractivity contribution is 6.33. The number of para-hydroxylation sites is 1. The second-order valence-corrected chi connectivity index (χ2v) is 6.78. The van der Waals surface area contributed by atoms with Gasteiger partial charge in [-0.2, -0.15) is 13.2 Å². The van der Waals surface area contributed by atoms with Gasteiger partial charge in [0.1, 0.15) is 0 Å². The molecule has 3 rings (SSSR count). The fourth-order valence-corrected chi connectivity index (χ4v) is 3.18. The van der Waals surface area contributed by atoms with E-state index in [1.807, 2.05) is 19.1 Å². The molecule has 142 valence electrons. The summed E-state index contributed by atoms with van der Waals surface area (Å²) < 4.78 is 38.6. The van der Waals surface area contributed by atoms with Crippen LogP contribution in [-0.2, 0) is 15.8 Å². The maximum Gasteiger partial charge on any atom is 0.416 e. The normalized spacial score (nSPS) is 17.3. The second kappa shape index (κ2) is 7.23. The summed E-state index contributed by atoms with van der Waals surface area (Å²) in [6.07, 6.45) is -4.56. The van der Waals surface area contributed by atoms with Gasteiger partial charge >= 0.3 is 6.18 Å². The van der Waals surface area contributed by atoms with Crippen molar-refractivity contribution in [1.82, 2.24) is 0 Å². The molecule has 1 aliphatic heterocycles. The number of amides is 2. The summed E-state index contributed by atoms with van der Waals surface area (Å²) in [6.45, 7) is 2.02. The Balaban J connectivity index is 1.76. The molecule has 0 aliphatic carbocycles. The highest BCUT2D eigenvalue weighted by atomic mass is 35.5. The van der Waals surface area contributed by atoms with E-state index in [1.54, 1.807) is 12.1 Å². The van der Waals surface area contributed by atoms with Crippen molar-refractivity contribution >= 4 is 34.8 Å². The average molecular weight is 397 g/mol. The van der Waals surface area contributed by atoms with Gasteiger partial charge in [-0.3, -0.25) is 9.59 Å². The second-order valence-electron chi connectivity index (χ2n) is 6.37. The molecule has 1 saturated heterocycles. The number of carbonyl (C=O) groups excluding carboxylic acids is 2. The maximum absolute atomic E-state index is 12.9. The molecule has 0 bridgehead atoms. The van der Waals surface area contributed by atoms with Gasteiger partial charge in [-0.25, -0.2) is 0 Å². The molecule has 8 heteroatoms. The van der Waals surface area contributed by atoms with Crippen LogP contribution in [0.25, 0.3) is 0 Å². The van der Waals surface area contributed by atoms with Gasteiger partial charge in [0.2, 0.25) is 11.8 Å². The Morgan fingerprint density at radius 1 is 1.22 bits per heavy atom. The molecule has 1 N–H and O–H groups in total. The Labute approximate surface area is 158 Å². The zero-order valence-corrected chi connectivity index (χ0v) is 15.1. The summed E-state index contributed by atoms with van der Waals surface area (Å²) >= 11 is 5.91. The van der Waals surface area contributed by atoms with E-state index in [2.05, 4.69) is 5.32 Å². The number of anilines is 2. The number of nitrogens with one attached hydrogen (secondary N) is 1. The first-order chi connectivity index (χ1) is 12.7. The molecule has 2 aromatic rings. The van der Waals surface area contributed by atoms with Gasteiger partial charge in [-0.05, 0) is 36.8 Å². The first-order valence-corrected chi connectivity index (χ1v) is 8.58. The van der Waals surface area contributed by atoms with Gasteiger partial charge in [-0.15, -0.1) is 0 Å². The lowest BCUT2D eigenvalue weighted by atomic mass is 10.1. The fraction of sp³-hybridized carbons (Fsp3) is 0.263. The lowest BCUT2D eigenvalue weighted by Crippen LogP contribution is -2.28. The summed E-state index contributed by atoms with van der Waals surface area (Å²) in [7, 11) is 0. The van der Waals surface area contributed by atoms with Crippen molar-refractivity contribution in [2.45, 2.75) is 19.5 Å². The Morgan fingerprint density at radius 3 is 2.59 bits per heavy atom. The highest BCUT2D eigenvalue weighted by Gasteiger charge is 2.36. The minimum absolute atomic E-state index is 0.00330. The number of alkyl halides is 3. The molecule has 1 aliphatic rings. The Bertz CT molecular complexity index is 899. The first-order valence-electron chi connectivity index (χ1n) is 8.20. The Kier molecular flexibility index (Phi) is 5.15. The fourth-order valence-electron chi connectivity index (χ4n) is 3.01. The van der Waals surface area contributed by atoms with E-state index in [0.29, 0.717) is 0 Å². The van der Waals surface area contributed by atoms with Crippen molar-refractivity contribution in [3.63, 3.8) is 0 Å². The smallest absolute Gasteiger partial charge is 0.324 e. The molecule has 2 amide bonds. The van der Waals surface area contributed by atoms with Gasteiger partial charge in [0.05, 0.1) is 22.2 Å². The Morgan fingerprint density at radius 2 is 1.93 bits per heavy atom. The van der Waals surface area contributed by atoms with Crippen LogP contribution in [0.2, 0.25) is 5.02 Å². The number of rotatable bonds is 3. The lowest BCUT2D eigenvalue weighted by molar-refractivity contribution is -0.137. The van der Waals surface area contributed by atoms with Crippen molar-refractivity contribution in [1.29, 1.82) is 0 Å². The first kappa shape index (κ1) is 19.2. The van der Waals surface area contributed by atoms with Crippen LogP contribution in [0.5, 0.6) is 0 Å². The number of hydrogen-bond acceptors (Lipinski definition) is 2. The minimum atomic E-state index is -4.55. The third kappa shape index (κ3) is 4.08. The van der Waals surface area contributed by atoms with Crippen molar-refractivity contribution in [2.24, 2.45) is 5.92 Å². The zero-order chi connectivity index (χ0) is 19.8. The van der Waals surface area contributed by atoms with Gasteiger partial charge in [0, 0.05) is 18.7 Å². The number of benzene rings is 2. The molecular formula is C19H16ClF3N2O2. The standard InChI is InChI=1S/C19H16ClF3N2O2/c1-11-4-2-3-5-16(11)25-10-12(8-17(25)26)18(27)24-15-9-13(19(21,22)23)6-7-14(15)20/h2-7,9,12H,8,10H2,1H3,(H,24,27)/t12-/m1/s1. The van der Waals surface area contributed by atoms with E-state index in [4.69, 9.17) is 11.6 Å². The summed E-state index contributed by atoms with van der Waals surface area (Å²) in [4.78, 5) is 26.3. The molecule has 1 fully saturated rings. The Hall–Kier alpha value is -2.54. The average Bonchev–Trinajstić information content (AvgIpc) is 2.98. The molecule has 0 radical (unpaired) electrons. The van der Waals surface area contributed by atoms with Gasteiger partial charge < -0.3 is 10.2 Å². The third-order valence-electron chi connectivity index (χ3n) is 4.45. The van der Waals surface area contributed by atoms with Gasteiger partial charge in [0.25, 0.3) is 0 Å². The van der Waals surface area contributed by atoms with Crippen LogP contribution >= 0.6 is 11.6 Å². The third-order valence-corrected chi connectivity index (χ3v) is 4.78. The van der Waals surface area contributed by atoms with Gasteiger partial charge in [0.15, 0.2) is 0 Å². The van der Waals surface area contributed by atoms with Crippen LogP contribution in [0.1, 0.15) is 17.5 Å². The molecule has 0 spiro atoms. The highest BCUT2D eigenvalue weighted by Crippen LogP contribution is 2.34. The zero-order valence-electron chi connectivity index (χ0n) is 14.3. The van der Waals surface area contributed by atoms with Crippen LogP contribution in [-0.4, -0.2) is 18.4 Å². The topological polar surface area (TPSA) is 49.4 Å². The lowest BCUT2D eigenvalue weighted by Gasteiger charge is -2.19. The van der Waals surface area contributed by atoms with E-state index >= 15 is 0 Å². The maximum atomic E-state index is 12.9. The van der Waals surface area contributed by atoms with Crippen LogP contribution < -0.4 is 10.2 Å². The van der Waals surface area contributed by atoms with Crippen molar-refractivity contribution < 1.29 is 22.8 Å². The van der Waals surface area contributed by atoms with E-state index in [9.17, 15) is 22.8 Å². The molecule has 4 nitrogen and oxygen atoms in total. The quantitative estimate of drug-likeness (QED) is 0.820. The predicted octanol–water partition coefficient (Wildman–Crippen LogP) is 4.66. The number of hydrogen-bond donors (Lipinski definition) is 1. The predicted molar refractivity (Wildman–Crippen MR) is 96.7 cm³/mol. The number of carbonyl (C=O) groups is 2. The minimum Gasteiger partial charge on any atom is -0.324 e. The molecule has 0 saturated carbocycles. The molecule has 0 aromatic heterocycles. The van der Waals surface area contributed by atoms with Gasteiger partial charge in [-0.1, -0.05) is 29.8 Å². The van der Waals surface area contributed by atoms with Crippen molar-refractivity contribution in [2.75, 3.05) is 16.8 Å². The molecular weight excluding hydrogens is 381 g/mol. The molecule has 27 heavy (non-hydrogen) atoms. The van der Waals surface area contributed by atoms with Crippen molar-refractivity contribution in [3.05, 3.63) is 58.6 Å². The van der Waals surface area contributed by atoms with E-state index in [0.717, 1.165) is 29.4 Å². The van der Waals surface area contributed by atoms with Crippen LogP contribution in [0.4, 0.5) is 24.5 Å². The largest absolute Gasteiger partial charge is 0.416 e. The summed E-state index contributed by atoms with van der Waals surface area (Å²) in [5.74, 6) is -1.43. The van der Waals surface area contributed by atoms with E-state index < -0.39 is 23.6 Å². The number of halogens is 4. The van der Waals surface area contributed by atoms with Crippen molar-refractivity contribution in [3.8, 4) is 0 Å². The van der Waals surface area contributed by atoms with Crippen LogP contribution in [0.15, 0.2) is 42.5 Å². The molecule has 1 heterocycles. The monoisotopic (exact) mass is 396 g/mol. The molecule has 2 aromatic carbocycles. The summed E-state index contributed by atoms with van der Waals surface area (Å²) in [5, 5.41) is 2.42. The van der Waals surface area contributed by atoms with E-state index in [1.165, 1.54) is 4.90 Å². The van der Waals surface area contributed by atoms with Crippen LogP contribution in [0, 0.1) is 12.8 Å². The molecule has 1 atom stereocenters. The molecule has 0 unspecified atom stereocenters. The van der Waals surface area contributed by atoms with Crippen LogP contribution in [0.3, 0.4) is 0 Å². The summed E-state index contributed by atoms with van der Waals surface area (Å²) in [6, 6.07) is 10.0. The summed E-state index contributed by atoms with van der Waals surface area (Å²) in [5.41, 5.74) is 0.576. The van der Waals surface area contributed by atoms with E-state index in [-0.39, 0.29) is 29.6 Å². The number of aryl methyl sites for hydroxylation is 1. The number of nitrogens with zero attached hydrogens (tertiary/aromatic N) is 1. The SMILES string of the molecule is Cc1ccccc1N1C[C@H](C(=O)Nc2cc(C(F)(F)F)ccc2Cl)CC1=O.